The fourth-order valence-electron chi connectivity index (χ4n) is 3.40. The third-order valence-corrected chi connectivity index (χ3v) is 4.77. The van der Waals surface area contributed by atoms with Crippen LogP contribution in [0.1, 0.15) is 38.5 Å². The quantitative estimate of drug-likeness (QED) is 0.840. The largest absolute Gasteiger partial charge is 0.488 e. The molecule has 6 heteroatoms. The van der Waals surface area contributed by atoms with Crippen LogP contribution in [-0.4, -0.2) is 40.1 Å². The Hall–Kier alpha value is -1.92. The number of fused-ring (bicyclic) bond motifs is 1. The van der Waals surface area contributed by atoms with Gasteiger partial charge in [0.15, 0.2) is 0 Å². The van der Waals surface area contributed by atoms with Crippen molar-refractivity contribution in [2.45, 2.75) is 50.4 Å². The summed E-state index contributed by atoms with van der Waals surface area (Å²) in [6.45, 7) is 1.40. The van der Waals surface area contributed by atoms with Gasteiger partial charge in [-0.05, 0) is 37.8 Å². The van der Waals surface area contributed by atoms with Crippen LogP contribution in [0.25, 0.3) is 10.9 Å². The SMILES string of the molecule is OC1(Nc2ncc3ccc(OC4CCOC4)cc3n2)CCCCC1. The van der Waals surface area contributed by atoms with Crippen LogP contribution in [0.4, 0.5) is 5.95 Å². The molecule has 2 aromatic rings. The maximum absolute atomic E-state index is 10.6. The highest BCUT2D eigenvalue weighted by molar-refractivity contribution is 5.80. The van der Waals surface area contributed by atoms with Gasteiger partial charge in [0.1, 0.15) is 17.6 Å². The van der Waals surface area contributed by atoms with Gasteiger partial charge in [-0.1, -0.05) is 6.42 Å². The predicted molar refractivity (Wildman–Crippen MR) is 91.0 cm³/mol. The van der Waals surface area contributed by atoms with Crippen LogP contribution in [0.15, 0.2) is 24.4 Å². The lowest BCUT2D eigenvalue weighted by Gasteiger charge is -2.32. The summed E-state index contributed by atoms with van der Waals surface area (Å²) in [6, 6.07) is 5.82. The molecule has 0 spiro atoms. The Kier molecular flexibility index (Phi) is 4.24. The summed E-state index contributed by atoms with van der Waals surface area (Å²) < 4.78 is 11.3. The van der Waals surface area contributed by atoms with Gasteiger partial charge in [-0.15, -0.1) is 0 Å². The highest BCUT2D eigenvalue weighted by Gasteiger charge is 2.29. The molecule has 4 rings (SSSR count). The first-order chi connectivity index (χ1) is 11.7. The Morgan fingerprint density at radius 2 is 2.12 bits per heavy atom. The maximum atomic E-state index is 10.6. The summed E-state index contributed by atoms with van der Waals surface area (Å²) in [4.78, 5) is 8.89. The summed E-state index contributed by atoms with van der Waals surface area (Å²) in [7, 11) is 0. The fourth-order valence-corrected chi connectivity index (χ4v) is 3.40. The van der Waals surface area contributed by atoms with Crippen molar-refractivity contribution >= 4 is 16.9 Å². The van der Waals surface area contributed by atoms with E-state index in [1.54, 1.807) is 6.20 Å². The molecule has 24 heavy (non-hydrogen) atoms. The Bertz CT molecular complexity index is 710. The van der Waals surface area contributed by atoms with E-state index in [1.807, 2.05) is 18.2 Å². The van der Waals surface area contributed by atoms with Crippen molar-refractivity contribution in [3.63, 3.8) is 0 Å². The van der Waals surface area contributed by atoms with Crippen LogP contribution >= 0.6 is 0 Å². The van der Waals surface area contributed by atoms with Gasteiger partial charge in [-0.3, -0.25) is 0 Å². The molecule has 128 valence electrons. The van der Waals surface area contributed by atoms with Crippen LogP contribution in [0.3, 0.4) is 0 Å². The molecule has 0 radical (unpaired) electrons. The minimum Gasteiger partial charge on any atom is -0.488 e. The molecule has 1 saturated heterocycles. The number of aromatic nitrogens is 2. The van der Waals surface area contributed by atoms with E-state index in [4.69, 9.17) is 9.47 Å². The third kappa shape index (κ3) is 3.44. The van der Waals surface area contributed by atoms with E-state index in [0.29, 0.717) is 12.6 Å². The zero-order valence-electron chi connectivity index (χ0n) is 13.7. The number of anilines is 1. The standard InChI is InChI=1S/C18H23N3O3/c22-18(7-2-1-3-8-18)21-17-19-11-13-4-5-14(10-16(13)20-17)24-15-6-9-23-12-15/h4-5,10-11,15,22H,1-3,6-9,12H2,(H,19,20,21). The van der Waals surface area contributed by atoms with E-state index < -0.39 is 5.72 Å². The summed E-state index contributed by atoms with van der Waals surface area (Å²) in [6.07, 6.45) is 7.51. The van der Waals surface area contributed by atoms with Gasteiger partial charge < -0.3 is 19.9 Å². The van der Waals surface area contributed by atoms with Crippen molar-refractivity contribution in [2.75, 3.05) is 18.5 Å². The zero-order chi connectivity index (χ0) is 16.4. The van der Waals surface area contributed by atoms with Gasteiger partial charge in [0.25, 0.3) is 0 Å². The number of rotatable bonds is 4. The third-order valence-electron chi connectivity index (χ3n) is 4.77. The molecule has 1 aromatic heterocycles. The summed E-state index contributed by atoms with van der Waals surface area (Å²) in [5.41, 5.74) is -0.0790. The normalized spacial score (nSPS) is 23.3. The summed E-state index contributed by atoms with van der Waals surface area (Å²) in [5, 5.41) is 14.7. The highest BCUT2D eigenvalue weighted by Crippen LogP contribution is 2.29. The summed E-state index contributed by atoms with van der Waals surface area (Å²) in [5.74, 6) is 1.26. The second-order valence-corrected chi connectivity index (χ2v) is 6.73. The van der Waals surface area contributed by atoms with Gasteiger partial charge in [-0.2, -0.15) is 0 Å². The monoisotopic (exact) mass is 329 g/mol. The lowest BCUT2D eigenvalue weighted by Crippen LogP contribution is -2.40. The first-order valence-corrected chi connectivity index (χ1v) is 8.72. The number of nitrogens with zero attached hydrogens (tertiary/aromatic N) is 2. The Balaban J connectivity index is 1.54. The van der Waals surface area contributed by atoms with Crippen LogP contribution in [0.5, 0.6) is 5.75 Å². The maximum Gasteiger partial charge on any atom is 0.225 e. The fraction of sp³-hybridized carbons (Fsp3) is 0.556. The average Bonchev–Trinajstić information content (AvgIpc) is 3.08. The van der Waals surface area contributed by atoms with E-state index in [-0.39, 0.29) is 6.10 Å². The number of ether oxygens (including phenoxy) is 2. The topological polar surface area (TPSA) is 76.5 Å². The molecular weight excluding hydrogens is 306 g/mol. The molecule has 0 bridgehead atoms. The van der Waals surface area contributed by atoms with Crippen LogP contribution in [0.2, 0.25) is 0 Å². The lowest BCUT2D eigenvalue weighted by atomic mass is 9.92. The highest BCUT2D eigenvalue weighted by atomic mass is 16.5. The van der Waals surface area contributed by atoms with Crippen LogP contribution in [-0.2, 0) is 4.74 Å². The zero-order valence-corrected chi connectivity index (χ0v) is 13.7. The average molecular weight is 329 g/mol. The van der Waals surface area contributed by atoms with Crippen molar-refractivity contribution in [2.24, 2.45) is 0 Å². The minimum atomic E-state index is -0.888. The van der Waals surface area contributed by atoms with E-state index >= 15 is 0 Å². The number of nitrogens with one attached hydrogen (secondary N) is 1. The molecule has 1 aliphatic carbocycles. The van der Waals surface area contributed by atoms with Crippen molar-refractivity contribution in [1.29, 1.82) is 0 Å². The molecule has 1 unspecified atom stereocenters. The minimum absolute atomic E-state index is 0.116. The van der Waals surface area contributed by atoms with Crippen LogP contribution in [0, 0.1) is 0 Å². The second kappa shape index (κ2) is 6.53. The van der Waals surface area contributed by atoms with E-state index in [2.05, 4.69) is 15.3 Å². The van der Waals surface area contributed by atoms with Gasteiger partial charge in [0.05, 0.1) is 18.7 Å². The molecule has 1 aliphatic heterocycles. The predicted octanol–water partition coefficient (Wildman–Crippen LogP) is 2.86. The molecular formula is C18H23N3O3. The van der Waals surface area contributed by atoms with Crippen LogP contribution < -0.4 is 10.1 Å². The second-order valence-electron chi connectivity index (χ2n) is 6.73. The first kappa shape index (κ1) is 15.6. The Morgan fingerprint density at radius 1 is 1.25 bits per heavy atom. The Labute approximate surface area is 141 Å². The molecule has 1 atom stereocenters. The number of hydrogen-bond donors (Lipinski definition) is 2. The first-order valence-electron chi connectivity index (χ1n) is 8.72. The van der Waals surface area contributed by atoms with E-state index in [9.17, 15) is 5.11 Å². The molecule has 0 amide bonds. The van der Waals surface area contributed by atoms with Crippen molar-refractivity contribution < 1.29 is 14.6 Å². The Morgan fingerprint density at radius 3 is 2.92 bits per heavy atom. The molecule has 1 saturated carbocycles. The number of hydrogen-bond acceptors (Lipinski definition) is 6. The summed E-state index contributed by atoms with van der Waals surface area (Å²) >= 11 is 0. The molecule has 6 nitrogen and oxygen atoms in total. The van der Waals surface area contributed by atoms with Gasteiger partial charge >= 0.3 is 0 Å². The molecule has 2 aliphatic rings. The van der Waals surface area contributed by atoms with E-state index in [0.717, 1.165) is 55.4 Å². The van der Waals surface area contributed by atoms with E-state index in [1.165, 1.54) is 6.42 Å². The van der Waals surface area contributed by atoms with Crippen molar-refractivity contribution in [3.05, 3.63) is 24.4 Å². The molecule has 1 aromatic carbocycles. The van der Waals surface area contributed by atoms with Gasteiger partial charge in [-0.25, -0.2) is 9.97 Å². The number of aliphatic hydroxyl groups is 1. The molecule has 2 heterocycles. The van der Waals surface area contributed by atoms with Gasteiger partial charge in [0.2, 0.25) is 5.95 Å². The molecule has 2 fully saturated rings. The molecule has 2 N–H and O–H groups in total. The number of benzene rings is 1. The lowest BCUT2D eigenvalue weighted by molar-refractivity contribution is 0.0309. The van der Waals surface area contributed by atoms with Crippen molar-refractivity contribution in [1.82, 2.24) is 9.97 Å². The van der Waals surface area contributed by atoms with Gasteiger partial charge in [0, 0.05) is 24.1 Å². The smallest absolute Gasteiger partial charge is 0.225 e. The van der Waals surface area contributed by atoms with Crippen molar-refractivity contribution in [3.8, 4) is 5.75 Å².